The summed E-state index contributed by atoms with van der Waals surface area (Å²) >= 11 is 0. The van der Waals surface area contributed by atoms with Crippen molar-refractivity contribution in [1.82, 2.24) is 9.80 Å². The zero-order valence-electron chi connectivity index (χ0n) is 20.7. The van der Waals surface area contributed by atoms with Crippen LogP contribution < -0.4 is 5.46 Å². The van der Waals surface area contributed by atoms with E-state index in [1.807, 2.05) is 25.7 Å². The van der Waals surface area contributed by atoms with Crippen LogP contribution in [0.15, 0.2) is 18.2 Å². The lowest BCUT2D eigenvalue weighted by atomic mass is 9.77. The standard InChI is InChI=1S/C24H39BN2O4/c1-17-10-11-20(25-30-23(6,7)24(8,9)31-25)14-19(17)16-26-12-13-27(18(2)15-26)21(28)29-22(3,4)5/h10-11,14,18H,12-13,15-16H2,1-9H3/t18-/m0/s1. The Hall–Kier alpha value is -1.57. The molecule has 1 aromatic rings. The molecule has 6 nitrogen and oxygen atoms in total. The molecular formula is C24H39BN2O4. The molecule has 0 saturated carbocycles. The van der Waals surface area contributed by atoms with E-state index in [1.54, 1.807) is 0 Å². The summed E-state index contributed by atoms with van der Waals surface area (Å²) in [5, 5.41) is 0. The molecule has 0 radical (unpaired) electrons. The van der Waals surface area contributed by atoms with Gasteiger partial charge in [-0.3, -0.25) is 4.90 Å². The molecular weight excluding hydrogens is 391 g/mol. The van der Waals surface area contributed by atoms with Gasteiger partial charge in [-0.05, 0) is 78.9 Å². The van der Waals surface area contributed by atoms with Crippen LogP contribution in [0.1, 0.15) is 66.5 Å². The van der Waals surface area contributed by atoms with Crippen LogP contribution in [0.3, 0.4) is 0 Å². The number of aryl methyl sites for hydroxylation is 1. The lowest BCUT2D eigenvalue weighted by molar-refractivity contribution is 0.000534. The summed E-state index contributed by atoms with van der Waals surface area (Å²) in [5.41, 5.74) is 2.40. The number of carbonyl (C=O) groups excluding carboxylic acids is 1. The van der Waals surface area contributed by atoms with Crippen LogP contribution in [-0.4, -0.2) is 65.5 Å². The van der Waals surface area contributed by atoms with Gasteiger partial charge in [0.15, 0.2) is 0 Å². The third-order valence-electron chi connectivity index (χ3n) is 6.63. The first-order valence-electron chi connectivity index (χ1n) is 11.4. The number of carbonyl (C=O) groups is 1. The van der Waals surface area contributed by atoms with Crippen molar-refractivity contribution in [2.75, 3.05) is 19.6 Å². The van der Waals surface area contributed by atoms with Crippen LogP contribution in [0.2, 0.25) is 0 Å². The lowest BCUT2D eigenvalue weighted by Gasteiger charge is -2.40. The van der Waals surface area contributed by atoms with E-state index in [4.69, 9.17) is 14.0 Å². The van der Waals surface area contributed by atoms with Crippen molar-refractivity contribution in [2.24, 2.45) is 0 Å². The van der Waals surface area contributed by atoms with Gasteiger partial charge in [0.25, 0.3) is 0 Å². The summed E-state index contributed by atoms with van der Waals surface area (Å²) < 4.78 is 18.0. The second-order valence-electron chi connectivity index (χ2n) is 11.0. The van der Waals surface area contributed by atoms with Gasteiger partial charge in [0.2, 0.25) is 0 Å². The Balaban J connectivity index is 1.66. The number of rotatable bonds is 3. The number of nitrogens with zero attached hydrogens (tertiary/aromatic N) is 2. The molecule has 2 aliphatic rings. The Morgan fingerprint density at radius 3 is 2.32 bits per heavy atom. The van der Waals surface area contributed by atoms with Crippen molar-refractivity contribution < 1.29 is 18.8 Å². The summed E-state index contributed by atoms with van der Waals surface area (Å²) in [7, 11) is -0.354. The zero-order chi connectivity index (χ0) is 23.2. The fraction of sp³-hybridized carbons (Fsp3) is 0.708. The van der Waals surface area contributed by atoms with E-state index in [0.29, 0.717) is 6.54 Å². The van der Waals surface area contributed by atoms with Crippen molar-refractivity contribution in [3.05, 3.63) is 29.3 Å². The topological polar surface area (TPSA) is 51.2 Å². The number of hydrogen-bond donors (Lipinski definition) is 0. The van der Waals surface area contributed by atoms with Gasteiger partial charge in [-0.15, -0.1) is 0 Å². The van der Waals surface area contributed by atoms with E-state index in [1.165, 1.54) is 11.1 Å². The summed E-state index contributed by atoms with van der Waals surface area (Å²) in [6, 6.07) is 6.57. The zero-order valence-corrected chi connectivity index (χ0v) is 20.7. The van der Waals surface area contributed by atoms with E-state index in [-0.39, 0.29) is 30.5 Å². The number of hydrogen-bond acceptors (Lipinski definition) is 5. The molecule has 0 bridgehead atoms. The van der Waals surface area contributed by atoms with Crippen LogP contribution in [0.25, 0.3) is 0 Å². The first-order valence-corrected chi connectivity index (χ1v) is 11.4. The minimum absolute atomic E-state index is 0.107. The molecule has 172 valence electrons. The Morgan fingerprint density at radius 2 is 1.77 bits per heavy atom. The fourth-order valence-electron chi connectivity index (χ4n) is 4.00. The predicted octanol–water partition coefficient (Wildman–Crippen LogP) is 3.74. The van der Waals surface area contributed by atoms with Crippen LogP contribution in [0, 0.1) is 6.92 Å². The maximum absolute atomic E-state index is 12.5. The molecule has 1 atom stereocenters. The molecule has 1 aromatic carbocycles. The number of benzene rings is 1. The molecule has 7 heteroatoms. The second kappa shape index (κ2) is 8.41. The van der Waals surface area contributed by atoms with Gasteiger partial charge in [-0.2, -0.15) is 0 Å². The molecule has 0 aliphatic carbocycles. The first-order chi connectivity index (χ1) is 14.2. The Kier molecular flexibility index (Phi) is 6.54. The second-order valence-corrected chi connectivity index (χ2v) is 11.0. The van der Waals surface area contributed by atoms with Crippen LogP contribution in [0.4, 0.5) is 4.79 Å². The predicted molar refractivity (Wildman–Crippen MR) is 125 cm³/mol. The highest BCUT2D eigenvalue weighted by atomic mass is 16.7. The van der Waals surface area contributed by atoms with E-state index < -0.39 is 5.60 Å². The molecule has 2 aliphatic heterocycles. The molecule has 3 rings (SSSR count). The summed E-state index contributed by atoms with van der Waals surface area (Å²) in [6.45, 7) is 21.4. The lowest BCUT2D eigenvalue weighted by Crippen LogP contribution is -2.54. The SMILES string of the molecule is Cc1ccc(B2OC(C)(C)C(C)(C)O2)cc1CN1CCN(C(=O)OC(C)(C)C)[C@@H](C)C1. The number of piperazine rings is 1. The Bertz CT molecular complexity index is 802. The molecule has 1 amide bonds. The van der Waals surface area contributed by atoms with E-state index in [0.717, 1.165) is 25.1 Å². The average molecular weight is 430 g/mol. The molecule has 2 fully saturated rings. The van der Waals surface area contributed by atoms with Crippen molar-refractivity contribution in [2.45, 2.75) is 91.7 Å². The highest BCUT2D eigenvalue weighted by molar-refractivity contribution is 6.62. The quantitative estimate of drug-likeness (QED) is 0.684. The third kappa shape index (κ3) is 5.44. The Labute approximate surface area is 188 Å². The summed E-state index contributed by atoms with van der Waals surface area (Å²) in [5.74, 6) is 0. The largest absolute Gasteiger partial charge is 0.494 e. The molecule has 2 heterocycles. The van der Waals surface area contributed by atoms with Crippen molar-refractivity contribution in [3.63, 3.8) is 0 Å². The molecule has 0 spiro atoms. The van der Waals surface area contributed by atoms with Gasteiger partial charge in [-0.1, -0.05) is 18.2 Å². The number of amides is 1. The van der Waals surface area contributed by atoms with Gasteiger partial charge in [0.05, 0.1) is 11.2 Å². The van der Waals surface area contributed by atoms with E-state index in [2.05, 4.69) is 64.6 Å². The van der Waals surface area contributed by atoms with Crippen molar-refractivity contribution in [1.29, 1.82) is 0 Å². The van der Waals surface area contributed by atoms with Gasteiger partial charge < -0.3 is 18.9 Å². The van der Waals surface area contributed by atoms with Crippen LogP contribution in [0.5, 0.6) is 0 Å². The summed E-state index contributed by atoms with van der Waals surface area (Å²) in [6.07, 6.45) is -0.224. The van der Waals surface area contributed by atoms with Gasteiger partial charge in [0.1, 0.15) is 5.60 Å². The molecule has 31 heavy (non-hydrogen) atoms. The normalized spacial score (nSPS) is 23.8. The van der Waals surface area contributed by atoms with Crippen LogP contribution in [-0.2, 0) is 20.6 Å². The average Bonchev–Trinajstić information content (AvgIpc) is 2.83. The summed E-state index contributed by atoms with van der Waals surface area (Å²) in [4.78, 5) is 16.7. The Morgan fingerprint density at radius 1 is 1.16 bits per heavy atom. The molecule has 2 saturated heterocycles. The first kappa shape index (κ1) is 24.1. The van der Waals surface area contributed by atoms with Crippen molar-refractivity contribution in [3.8, 4) is 0 Å². The highest BCUT2D eigenvalue weighted by Gasteiger charge is 2.51. The van der Waals surface area contributed by atoms with Crippen molar-refractivity contribution >= 4 is 18.7 Å². The minimum Gasteiger partial charge on any atom is -0.444 e. The van der Waals surface area contributed by atoms with Gasteiger partial charge in [-0.25, -0.2) is 4.79 Å². The van der Waals surface area contributed by atoms with E-state index >= 15 is 0 Å². The smallest absolute Gasteiger partial charge is 0.444 e. The number of ether oxygens (including phenoxy) is 1. The van der Waals surface area contributed by atoms with E-state index in [9.17, 15) is 4.79 Å². The monoisotopic (exact) mass is 430 g/mol. The third-order valence-corrected chi connectivity index (χ3v) is 6.63. The maximum Gasteiger partial charge on any atom is 0.494 e. The van der Waals surface area contributed by atoms with Gasteiger partial charge in [0, 0.05) is 32.2 Å². The maximum atomic E-state index is 12.5. The molecule has 0 aromatic heterocycles. The molecule has 0 N–H and O–H groups in total. The highest BCUT2D eigenvalue weighted by Crippen LogP contribution is 2.36. The fourth-order valence-corrected chi connectivity index (χ4v) is 4.00. The van der Waals surface area contributed by atoms with Crippen LogP contribution >= 0.6 is 0 Å². The minimum atomic E-state index is -0.473. The molecule has 0 unspecified atom stereocenters. The van der Waals surface area contributed by atoms with Gasteiger partial charge >= 0.3 is 13.2 Å².